The van der Waals surface area contributed by atoms with Crippen LogP contribution in [-0.2, 0) is 11.2 Å². The van der Waals surface area contributed by atoms with E-state index in [0.717, 1.165) is 37.5 Å². The lowest BCUT2D eigenvalue weighted by Gasteiger charge is -2.01. The Labute approximate surface area is 87.9 Å². The van der Waals surface area contributed by atoms with E-state index in [4.69, 9.17) is 4.74 Å². The number of ether oxygens (including phenoxy) is 1. The van der Waals surface area contributed by atoms with Gasteiger partial charge in [-0.15, -0.1) is 0 Å². The number of aromatic nitrogens is 3. The van der Waals surface area contributed by atoms with Crippen molar-refractivity contribution in [1.82, 2.24) is 14.6 Å². The van der Waals surface area contributed by atoms with Crippen LogP contribution in [0.25, 0.3) is 5.65 Å². The lowest BCUT2D eigenvalue weighted by Crippen LogP contribution is -2.05. The van der Waals surface area contributed by atoms with Crippen molar-refractivity contribution in [2.45, 2.75) is 12.8 Å². The summed E-state index contributed by atoms with van der Waals surface area (Å²) >= 11 is 0. The normalized spacial score (nSPS) is 21.2. The second-order valence-electron chi connectivity index (χ2n) is 3.97. The lowest BCUT2D eigenvalue weighted by atomic mass is 10.1. The summed E-state index contributed by atoms with van der Waals surface area (Å²) in [5.41, 5.74) is 0.923. The molecule has 2 aromatic heterocycles. The third kappa shape index (κ3) is 1.72. The van der Waals surface area contributed by atoms with Crippen LogP contribution >= 0.6 is 0 Å². The molecule has 0 bridgehead atoms. The maximum Gasteiger partial charge on any atom is 0.155 e. The number of rotatable bonds is 2. The molecule has 0 amide bonds. The number of hydrogen-bond donors (Lipinski definition) is 0. The molecule has 0 spiro atoms. The molecule has 1 aliphatic heterocycles. The first-order valence-electron chi connectivity index (χ1n) is 5.30. The minimum atomic E-state index is 0.599. The van der Waals surface area contributed by atoms with Crippen LogP contribution in [0.5, 0.6) is 0 Å². The van der Waals surface area contributed by atoms with Gasteiger partial charge in [-0.2, -0.15) is 5.10 Å². The molecule has 4 nitrogen and oxygen atoms in total. The monoisotopic (exact) mass is 203 g/mol. The SMILES string of the molecule is c1ccn2nc(CC3CCOC3)nc2c1. The van der Waals surface area contributed by atoms with Crippen molar-refractivity contribution in [2.75, 3.05) is 13.2 Å². The number of hydrogen-bond acceptors (Lipinski definition) is 3. The molecule has 0 aromatic carbocycles. The fourth-order valence-corrected chi connectivity index (χ4v) is 1.97. The van der Waals surface area contributed by atoms with E-state index in [0.29, 0.717) is 5.92 Å². The van der Waals surface area contributed by atoms with Gasteiger partial charge in [-0.1, -0.05) is 6.07 Å². The fraction of sp³-hybridized carbons (Fsp3) is 0.455. The standard InChI is InChI=1S/C11H13N3O/c1-2-5-14-11(3-1)12-10(13-14)7-9-4-6-15-8-9/h1-3,5,9H,4,6-8H2. The van der Waals surface area contributed by atoms with Crippen molar-refractivity contribution in [2.24, 2.45) is 5.92 Å². The van der Waals surface area contributed by atoms with E-state index in [-0.39, 0.29) is 0 Å². The van der Waals surface area contributed by atoms with Crippen LogP contribution < -0.4 is 0 Å². The van der Waals surface area contributed by atoms with Gasteiger partial charge in [0.25, 0.3) is 0 Å². The van der Waals surface area contributed by atoms with Crippen LogP contribution in [0.2, 0.25) is 0 Å². The highest BCUT2D eigenvalue weighted by molar-refractivity contribution is 5.36. The van der Waals surface area contributed by atoms with Gasteiger partial charge in [0.1, 0.15) is 0 Å². The molecule has 1 saturated heterocycles. The summed E-state index contributed by atoms with van der Waals surface area (Å²) in [5.74, 6) is 1.53. The van der Waals surface area contributed by atoms with Crippen molar-refractivity contribution in [1.29, 1.82) is 0 Å². The number of nitrogens with zero attached hydrogens (tertiary/aromatic N) is 3. The molecular formula is C11H13N3O. The van der Waals surface area contributed by atoms with Crippen LogP contribution in [0.3, 0.4) is 0 Å². The van der Waals surface area contributed by atoms with Gasteiger partial charge in [-0.05, 0) is 24.5 Å². The van der Waals surface area contributed by atoms with Crippen LogP contribution in [0.1, 0.15) is 12.2 Å². The predicted octanol–water partition coefficient (Wildman–Crippen LogP) is 1.31. The van der Waals surface area contributed by atoms with Crippen LogP contribution in [0.15, 0.2) is 24.4 Å². The van der Waals surface area contributed by atoms with Gasteiger partial charge in [0.2, 0.25) is 0 Å². The van der Waals surface area contributed by atoms with E-state index in [1.54, 1.807) is 0 Å². The summed E-state index contributed by atoms with van der Waals surface area (Å²) < 4.78 is 7.17. The van der Waals surface area contributed by atoms with Gasteiger partial charge >= 0.3 is 0 Å². The van der Waals surface area contributed by atoms with Gasteiger partial charge < -0.3 is 4.74 Å². The first kappa shape index (κ1) is 8.85. The number of pyridine rings is 1. The topological polar surface area (TPSA) is 39.4 Å². The Hall–Kier alpha value is -1.42. The largest absolute Gasteiger partial charge is 0.381 e. The molecule has 2 aromatic rings. The van der Waals surface area contributed by atoms with Crippen LogP contribution in [-0.4, -0.2) is 27.8 Å². The maximum absolute atomic E-state index is 5.34. The highest BCUT2D eigenvalue weighted by Gasteiger charge is 2.18. The van der Waals surface area contributed by atoms with Crippen molar-refractivity contribution >= 4 is 5.65 Å². The van der Waals surface area contributed by atoms with Crippen molar-refractivity contribution in [3.05, 3.63) is 30.2 Å². The van der Waals surface area contributed by atoms with E-state index in [1.807, 2.05) is 28.9 Å². The molecule has 78 valence electrons. The van der Waals surface area contributed by atoms with E-state index < -0.39 is 0 Å². The summed E-state index contributed by atoms with van der Waals surface area (Å²) in [7, 11) is 0. The van der Waals surface area contributed by atoms with E-state index >= 15 is 0 Å². The zero-order valence-corrected chi connectivity index (χ0v) is 8.47. The molecule has 0 saturated carbocycles. The molecule has 3 heterocycles. The molecule has 3 rings (SSSR count). The Morgan fingerprint density at radius 2 is 2.47 bits per heavy atom. The fourth-order valence-electron chi connectivity index (χ4n) is 1.97. The Morgan fingerprint density at radius 1 is 1.47 bits per heavy atom. The smallest absolute Gasteiger partial charge is 0.155 e. The van der Waals surface area contributed by atoms with Gasteiger partial charge in [0, 0.05) is 25.8 Å². The average molecular weight is 203 g/mol. The second kappa shape index (κ2) is 3.62. The Bertz CT molecular complexity index is 427. The summed E-state index contributed by atoms with van der Waals surface area (Å²) in [6.45, 7) is 1.74. The van der Waals surface area contributed by atoms with E-state index in [9.17, 15) is 0 Å². The summed E-state index contributed by atoms with van der Waals surface area (Å²) in [4.78, 5) is 4.47. The minimum Gasteiger partial charge on any atom is -0.381 e. The Balaban J connectivity index is 1.84. The lowest BCUT2D eigenvalue weighted by molar-refractivity contribution is 0.185. The summed E-state index contributed by atoms with van der Waals surface area (Å²) in [6.07, 6.45) is 3.99. The molecule has 1 atom stereocenters. The zero-order valence-electron chi connectivity index (χ0n) is 8.47. The zero-order chi connectivity index (χ0) is 10.1. The molecule has 15 heavy (non-hydrogen) atoms. The van der Waals surface area contributed by atoms with E-state index in [2.05, 4.69) is 10.1 Å². The molecule has 1 fully saturated rings. The first-order chi connectivity index (χ1) is 7.42. The number of fused-ring (bicyclic) bond motifs is 1. The molecule has 1 unspecified atom stereocenters. The molecular weight excluding hydrogens is 190 g/mol. The third-order valence-electron chi connectivity index (χ3n) is 2.78. The summed E-state index contributed by atoms with van der Waals surface area (Å²) in [5, 5.41) is 4.43. The summed E-state index contributed by atoms with van der Waals surface area (Å²) in [6, 6.07) is 5.91. The minimum absolute atomic E-state index is 0.599. The van der Waals surface area contributed by atoms with Crippen LogP contribution in [0, 0.1) is 5.92 Å². The molecule has 1 aliphatic rings. The maximum atomic E-state index is 5.34. The molecule has 4 heteroatoms. The third-order valence-corrected chi connectivity index (χ3v) is 2.78. The second-order valence-corrected chi connectivity index (χ2v) is 3.97. The Morgan fingerprint density at radius 3 is 3.27 bits per heavy atom. The first-order valence-corrected chi connectivity index (χ1v) is 5.30. The van der Waals surface area contributed by atoms with E-state index in [1.165, 1.54) is 0 Å². The van der Waals surface area contributed by atoms with Crippen molar-refractivity contribution in [3.8, 4) is 0 Å². The van der Waals surface area contributed by atoms with Gasteiger partial charge in [0.15, 0.2) is 11.5 Å². The average Bonchev–Trinajstić information content (AvgIpc) is 2.86. The van der Waals surface area contributed by atoms with Crippen LogP contribution in [0.4, 0.5) is 0 Å². The highest BCUT2D eigenvalue weighted by atomic mass is 16.5. The molecule has 0 aliphatic carbocycles. The van der Waals surface area contributed by atoms with Gasteiger partial charge in [-0.3, -0.25) is 0 Å². The van der Waals surface area contributed by atoms with Gasteiger partial charge in [-0.25, -0.2) is 9.50 Å². The predicted molar refractivity (Wildman–Crippen MR) is 55.6 cm³/mol. The Kier molecular flexibility index (Phi) is 2.14. The van der Waals surface area contributed by atoms with Crippen molar-refractivity contribution in [3.63, 3.8) is 0 Å². The molecule has 0 radical (unpaired) electrons. The molecule has 0 N–H and O–H groups in total. The van der Waals surface area contributed by atoms with Gasteiger partial charge in [0.05, 0.1) is 0 Å². The van der Waals surface area contributed by atoms with Crippen molar-refractivity contribution < 1.29 is 4.74 Å². The highest BCUT2D eigenvalue weighted by Crippen LogP contribution is 2.16. The quantitative estimate of drug-likeness (QED) is 0.738.